The smallest absolute Gasteiger partial charge is 0.248 e. The van der Waals surface area contributed by atoms with Crippen molar-refractivity contribution in [3.63, 3.8) is 0 Å². The van der Waals surface area contributed by atoms with Gasteiger partial charge in [-0.25, -0.2) is 0 Å². The van der Waals surface area contributed by atoms with Gasteiger partial charge in [-0.15, -0.1) is 0 Å². The van der Waals surface area contributed by atoms with Crippen LogP contribution in [0.2, 0.25) is 0 Å². The molecule has 0 bridgehead atoms. The molecule has 4 nitrogen and oxygen atoms in total. The lowest BCUT2D eigenvalue weighted by molar-refractivity contribution is -0.136. The van der Waals surface area contributed by atoms with Crippen molar-refractivity contribution in [2.24, 2.45) is 17.6 Å². The minimum Gasteiger partial charge on any atom is -0.371 e. The van der Waals surface area contributed by atoms with E-state index in [0.29, 0.717) is 18.4 Å². The van der Waals surface area contributed by atoms with Crippen LogP contribution in [-0.4, -0.2) is 43.7 Å². The summed E-state index contributed by atoms with van der Waals surface area (Å²) in [6, 6.07) is 0.231. The van der Waals surface area contributed by atoms with E-state index < -0.39 is 0 Å². The van der Waals surface area contributed by atoms with Crippen molar-refractivity contribution in [3.05, 3.63) is 0 Å². The van der Waals surface area contributed by atoms with E-state index in [9.17, 15) is 4.79 Å². The van der Waals surface area contributed by atoms with Gasteiger partial charge < -0.3 is 15.4 Å². The third-order valence-corrected chi connectivity index (χ3v) is 3.84. The second-order valence-electron chi connectivity index (χ2n) is 5.30. The molecule has 1 rings (SSSR count). The molecule has 0 saturated heterocycles. The second-order valence-corrected chi connectivity index (χ2v) is 5.30. The Bertz CT molecular complexity index is 244. The summed E-state index contributed by atoms with van der Waals surface area (Å²) >= 11 is 0. The normalized spacial score (nSPS) is 24.3. The van der Waals surface area contributed by atoms with Crippen LogP contribution in [-0.2, 0) is 9.53 Å². The van der Waals surface area contributed by atoms with Crippen molar-refractivity contribution in [1.82, 2.24) is 4.90 Å². The highest BCUT2D eigenvalue weighted by Crippen LogP contribution is 2.30. The molecule has 100 valence electrons. The van der Waals surface area contributed by atoms with Gasteiger partial charge in [-0.3, -0.25) is 4.79 Å². The maximum atomic E-state index is 11.7. The molecule has 0 radical (unpaired) electrons. The highest BCUT2D eigenvalue weighted by atomic mass is 16.5. The molecule has 4 heteroatoms. The lowest BCUT2D eigenvalue weighted by Gasteiger charge is -2.22. The molecule has 1 saturated carbocycles. The summed E-state index contributed by atoms with van der Waals surface area (Å²) in [5.74, 6) is 1.20. The molecule has 0 heterocycles. The maximum absolute atomic E-state index is 11.7. The number of likely N-dealkylation sites (N-methyl/N-ethyl adjacent to an activating group) is 1. The lowest BCUT2D eigenvalue weighted by atomic mass is 9.97. The summed E-state index contributed by atoms with van der Waals surface area (Å²) in [6.45, 7) is 5.62. The number of hydrogen-bond donors (Lipinski definition) is 1. The van der Waals surface area contributed by atoms with E-state index in [4.69, 9.17) is 10.5 Å². The average Bonchev–Trinajstić information content (AvgIpc) is 2.75. The zero-order valence-electron chi connectivity index (χ0n) is 11.3. The largest absolute Gasteiger partial charge is 0.371 e. The Hall–Kier alpha value is -0.610. The van der Waals surface area contributed by atoms with Crippen LogP contribution in [0.3, 0.4) is 0 Å². The molecule has 0 aromatic rings. The van der Waals surface area contributed by atoms with Gasteiger partial charge in [0.25, 0.3) is 0 Å². The zero-order valence-corrected chi connectivity index (χ0v) is 11.3. The van der Waals surface area contributed by atoms with Gasteiger partial charge in [0, 0.05) is 13.1 Å². The third-order valence-electron chi connectivity index (χ3n) is 3.84. The summed E-state index contributed by atoms with van der Waals surface area (Å²) in [4.78, 5) is 13.4. The van der Waals surface area contributed by atoms with Crippen molar-refractivity contribution >= 4 is 5.91 Å². The first-order chi connectivity index (χ1) is 8.06. The van der Waals surface area contributed by atoms with Crippen LogP contribution < -0.4 is 5.73 Å². The van der Waals surface area contributed by atoms with Gasteiger partial charge in [-0.05, 0) is 45.1 Å². The fourth-order valence-electron chi connectivity index (χ4n) is 2.33. The average molecular weight is 242 g/mol. The first-order valence-electron chi connectivity index (χ1n) is 6.59. The van der Waals surface area contributed by atoms with Gasteiger partial charge in [0.05, 0.1) is 6.61 Å². The lowest BCUT2D eigenvalue weighted by Crippen LogP contribution is -2.36. The highest BCUT2D eigenvalue weighted by Gasteiger charge is 2.26. The Morgan fingerprint density at radius 3 is 2.65 bits per heavy atom. The molecule has 1 fully saturated rings. The quantitative estimate of drug-likeness (QED) is 0.762. The molecule has 2 atom stereocenters. The van der Waals surface area contributed by atoms with Gasteiger partial charge >= 0.3 is 0 Å². The molecule has 2 unspecified atom stereocenters. The topological polar surface area (TPSA) is 55.6 Å². The Kier molecular flexibility index (Phi) is 5.92. The van der Waals surface area contributed by atoms with Crippen molar-refractivity contribution in [2.75, 3.05) is 26.8 Å². The second kappa shape index (κ2) is 6.97. The Labute approximate surface area is 104 Å². The number of carbonyl (C=O) groups excluding carboxylic acids is 1. The van der Waals surface area contributed by atoms with E-state index in [2.05, 4.69) is 0 Å². The van der Waals surface area contributed by atoms with Gasteiger partial charge in [0.1, 0.15) is 6.61 Å². The Morgan fingerprint density at radius 1 is 1.41 bits per heavy atom. The maximum Gasteiger partial charge on any atom is 0.248 e. The van der Waals surface area contributed by atoms with Crippen LogP contribution in [0.15, 0.2) is 0 Å². The number of nitrogens with zero attached hydrogens (tertiary/aromatic N) is 1. The van der Waals surface area contributed by atoms with E-state index >= 15 is 0 Å². The molecule has 0 spiro atoms. The fourth-order valence-corrected chi connectivity index (χ4v) is 2.33. The molecule has 1 aliphatic rings. The van der Waals surface area contributed by atoms with Crippen molar-refractivity contribution in [2.45, 2.75) is 39.2 Å². The van der Waals surface area contributed by atoms with Gasteiger partial charge in [0.15, 0.2) is 0 Å². The van der Waals surface area contributed by atoms with Crippen LogP contribution in [0.4, 0.5) is 0 Å². The first-order valence-corrected chi connectivity index (χ1v) is 6.59. The van der Waals surface area contributed by atoms with E-state index in [1.165, 1.54) is 19.3 Å². The first kappa shape index (κ1) is 14.5. The van der Waals surface area contributed by atoms with E-state index in [1.807, 2.05) is 20.9 Å². The molecule has 1 amide bonds. The molecular formula is C13H26N2O2. The molecule has 1 aliphatic carbocycles. The van der Waals surface area contributed by atoms with Crippen LogP contribution in [0, 0.1) is 11.8 Å². The van der Waals surface area contributed by atoms with Crippen molar-refractivity contribution in [1.29, 1.82) is 0 Å². The molecule has 2 N–H and O–H groups in total. The standard InChI is InChI=1S/C13H26N2O2/c1-10(2)15(3)13(16)9-17-8-12-6-4-5-11(12)7-14/h10-12H,4-9,14H2,1-3H3. The van der Waals surface area contributed by atoms with Crippen molar-refractivity contribution in [3.8, 4) is 0 Å². The van der Waals surface area contributed by atoms with Gasteiger partial charge in [-0.1, -0.05) is 6.42 Å². The van der Waals surface area contributed by atoms with Gasteiger partial charge in [0.2, 0.25) is 5.91 Å². The monoisotopic (exact) mass is 242 g/mol. The van der Waals surface area contributed by atoms with Crippen LogP contribution in [0.25, 0.3) is 0 Å². The van der Waals surface area contributed by atoms with E-state index in [-0.39, 0.29) is 18.6 Å². The molecule has 0 aliphatic heterocycles. The minimum atomic E-state index is 0.0577. The van der Waals surface area contributed by atoms with Crippen LogP contribution in [0.1, 0.15) is 33.1 Å². The Balaban J connectivity index is 2.21. The summed E-state index contributed by atoms with van der Waals surface area (Å²) < 4.78 is 5.54. The SMILES string of the molecule is CC(C)N(C)C(=O)COCC1CCCC1CN. The number of ether oxygens (including phenoxy) is 1. The molecule has 0 aromatic carbocycles. The van der Waals surface area contributed by atoms with Crippen molar-refractivity contribution < 1.29 is 9.53 Å². The molecule has 17 heavy (non-hydrogen) atoms. The fraction of sp³-hybridized carbons (Fsp3) is 0.923. The predicted molar refractivity (Wildman–Crippen MR) is 68.6 cm³/mol. The van der Waals surface area contributed by atoms with Crippen LogP contribution >= 0.6 is 0 Å². The number of rotatable bonds is 6. The third kappa shape index (κ3) is 4.28. The summed E-state index contributed by atoms with van der Waals surface area (Å²) in [7, 11) is 1.81. The summed E-state index contributed by atoms with van der Waals surface area (Å²) in [6.07, 6.45) is 3.65. The van der Waals surface area contributed by atoms with Crippen LogP contribution in [0.5, 0.6) is 0 Å². The number of carbonyl (C=O) groups is 1. The number of amides is 1. The summed E-state index contributed by atoms with van der Waals surface area (Å²) in [5.41, 5.74) is 5.71. The summed E-state index contributed by atoms with van der Waals surface area (Å²) in [5, 5.41) is 0. The minimum absolute atomic E-state index is 0.0577. The van der Waals surface area contributed by atoms with E-state index in [0.717, 1.165) is 6.54 Å². The van der Waals surface area contributed by atoms with Gasteiger partial charge in [-0.2, -0.15) is 0 Å². The predicted octanol–water partition coefficient (Wildman–Crippen LogP) is 1.24. The van der Waals surface area contributed by atoms with E-state index in [1.54, 1.807) is 4.90 Å². The molecular weight excluding hydrogens is 216 g/mol. The Morgan fingerprint density at radius 2 is 2.06 bits per heavy atom. The molecule has 0 aromatic heterocycles. The number of hydrogen-bond acceptors (Lipinski definition) is 3. The number of nitrogens with two attached hydrogens (primary N) is 1. The highest BCUT2D eigenvalue weighted by molar-refractivity contribution is 5.77. The zero-order chi connectivity index (χ0) is 12.8.